The van der Waals surface area contributed by atoms with E-state index in [2.05, 4.69) is 16.3 Å². The summed E-state index contributed by atoms with van der Waals surface area (Å²) >= 11 is 0. The van der Waals surface area contributed by atoms with Crippen molar-refractivity contribution in [2.45, 2.75) is 37.5 Å². The molecule has 2 aliphatic rings. The zero-order chi connectivity index (χ0) is 15.5. The zero-order valence-electron chi connectivity index (χ0n) is 13.3. The lowest BCUT2D eigenvalue weighted by molar-refractivity contribution is 0.0839. The predicted molar refractivity (Wildman–Crippen MR) is 85.8 cm³/mol. The summed E-state index contributed by atoms with van der Waals surface area (Å²) in [6, 6.07) is 1.97. The molecule has 0 saturated carbocycles. The van der Waals surface area contributed by atoms with E-state index in [0.717, 1.165) is 52.1 Å². The molecule has 2 aliphatic heterocycles. The van der Waals surface area contributed by atoms with Crippen molar-refractivity contribution >= 4 is 0 Å². The standard InChI is InChI=1S/C18H22N3O2/c1-6-20-21(7-1)18-16(14-2-8-22-9-3-14)12-19-13-17(18)15-4-10-23-11-5-15/h1,6-7,12,14-15H,2-5,8-11H2. The minimum atomic E-state index is 0.454. The van der Waals surface area contributed by atoms with Crippen molar-refractivity contribution in [3.05, 3.63) is 42.0 Å². The van der Waals surface area contributed by atoms with Crippen LogP contribution in [0.5, 0.6) is 0 Å². The van der Waals surface area contributed by atoms with E-state index < -0.39 is 0 Å². The van der Waals surface area contributed by atoms with Gasteiger partial charge in [0.15, 0.2) is 0 Å². The molecule has 0 unspecified atom stereocenters. The number of aromatic nitrogens is 3. The number of rotatable bonds is 3. The number of nitrogens with zero attached hydrogens (tertiary/aromatic N) is 3. The Kier molecular flexibility index (Phi) is 4.39. The van der Waals surface area contributed by atoms with E-state index in [0.29, 0.717) is 11.8 Å². The van der Waals surface area contributed by atoms with Crippen LogP contribution in [-0.4, -0.2) is 41.2 Å². The molecule has 0 aromatic carbocycles. The first-order chi connectivity index (χ1) is 11.4. The molecule has 1 radical (unpaired) electrons. The van der Waals surface area contributed by atoms with Gasteiger partial charge in [-0.1, -0.05) is 0 Å². The van der Waals surface area contributed by atoms with Crippen molar-refractivity contribution in [3.63, 3.8) is 0 Å². The van der Waals surface area contributed by atoms with Gasteiger partial charge in [0, 0.05) is 50.6 Å². The van der Waals surface area contributed by atoms with Gasteiger partial charge in [0.1, 0.15) is 0 Å². The summed E-state index contributed by atoms with van der Waals surface area (Å²) < 4.78 is 13.1. The quantitative estimate of drug-likeness (QED) is 0.874. The van der Waals surface area contributed by atoms with Crippen LogP contribution < -0.4 is 0 Å². The smallest absolute Gasteiger partial charge is 0.0946 e. The zero-order valence-corrected chi connectivity index (χ0v) is 13.3. The Morgan fingerprint density at radius 1 is 1.00 bits per heavy atom. The maximum atomic E-state index is 5.53. The molecule has 0 amide bonds. The second kappa shape index (κ2) is 6.81. The third-order valence-electron chi connectivity index (χ3n) is 4.94. The molecule has 0 aliphatic carbocycles. The van der Waals surface area contributed by atoms with Crippen molar-refractivity contribution in [1.29, 1.82) is 0 Å². The molecule has 2 aromatic rings. The number of ether oxygens (including phenoxy) is 2. The molecule has 4 heterocycles. The van der Waals surface area contributed by atoms with E-state index in [1.807, 2.05) is 29.3 Å². The highest BCUT2D eigenvalue weighted by molar-refractivity contribution is 5.49. The summed E-state index contributed by atoms with van der Waals surface area (Å²) in [6.07, 6.45) is 13.3. The minimum Gasteiger partial charge on any atom is -0.381 e. The van der Waals surface area contributed by atoms with Crippen LogP contribution in [0, 0.1) is 6.20 Å². The molecule has 0 atom stereocenters. The fraction of sp³-hybridized carbons (Fsp3) is 0.556. The molecule has 2 fully saturated rings. The van der Waals surface area contributed by atoms with E-state index in [1.54, 1.807) is 0 Å². The van der Waals surface area contributed by atoms with E-state index >= 15 is 0 Å². The second-order valence-electron chi connectivity index (χ2n) is 6.31. The lowest BCUT2D eigenvalue weighted by Crippen LogP contribution is -2.20. The highest BCUT2D eigenvalue weighted by Gasteiger charge is 2.26. The van der Waals surface area contributed by atoms with Gasteiger partial charge in [-0.05, 0) is 49.1 Å². The number of hydrogen-bond acceptors (Lipinski definition) is 4. The Balaban J connectivity index is 1.78. The first kappa shape index (κ1) is 14.8. The molecule has 4 rings (SSSR count). The summed E-state index contributed by atoms with van der Waals surface area (Å²) in [5.41, 5.74) is 3.67. The molecule has 0 N–H and O–H groups in total. The first-order valence-corrected chi connectivity index (χ1v) is 8.49. The van der Waals surface area contributed by atoms with E-state index in [9.17, 15) is 0 Å². The molecular formula is C18H22N3O2. The van der Waals surface area contributed by atoms with Crippen molar-refractivity contribution in [3.8, 4) is 5.69 Å². The molecule has 5 nitrogen and oxygen atoms in total. The van der Waals surface area contributed by atoms with Gasteiger partial charge in [-0.25, -0.2) is 4.68 Å². The third-order valence-corrected chi connectivity index (χ3v) is 4.94. The molecule has 0 bridgehead atoms. The fourth-order valence-corrected chi connectivity index (χ4v) is 3.68. The van der Waals surface area contributed by atoms with Gasteiger partial charge in [0.25, 0.3) is 0 Å². The lowest BCUT2D eigenvalue weighted by atomic mass is 9.85. The molecule has 23 heavy (non-hydrogen) atoms. The summed E-state index contributed by atoms with van der Waals surface area (Å²) in [7, 11) is 0. The van der Waals surface area contributed by atoms with Gasteiger partial charge in [-0.2, -0.15) is 5.10 Å². The van der Waals surface area contributed by atoms with Gasteiger partial charge < -0.3 is 9.47 Å². The highest BCUT2D eigenvalue weighted by Crippen LogP contribution is 2.37. The minimum absolute atomic E-state index is 0.454. The maximum Gasteiger partial charge on any atom is 0.0946 e. The van der Waals surface area contributed by atoms with Crippen LogP contribution in [0.4, 0.5) is 0 Å². The van der Waals surface area contributed by atoms with Gasteiger partial charge in [-0.15, -0.1) is 0 Å². The van der Waals surface area contributed by atoms with Crippen LogP contribution in [0.15, 0.2) is 24.7 Å². The molecule has 2 saturated heterocycles. The Labute approximate surface area is 136 Å². The Morgan fingerprint density at radius 3 is 2.35 bits per heavy atom. The van der Waals surface area contributed by atoms with Crippen molar-refractivity contribution < 1.29 is 9.47 Å². The molecule has 2 aromatic heterocycles. The van der Waals surface area contributed by atoms with Gasteiger partial charge >= 0.3 is 0 Å². The molecule has 0 spiro atoms. The topological polar surface area (TPSA) is 49.2 Å². The van der Waals surface area contributed by atoms with Crippen molar-refractivity contribution in [2.24, 2.45) is 0 Å². The second-order valence-corrected chi connectivity index (χ2v) is 6.31. The summed E-state index contributed by atoms with van der Waals surface area (Å²) in [5.74, 6) is 0.943. The highest BCUT2D eigenvalue weighted by atomic mass is 16.5. The molecule has 5 heteroatoms. The number of pyridine rings is 1. The fourth-order valence-electron chi connectivity index (χ4n) is 3.68. The van der Waals surface area contributed by atoms with Gasteiger partial charge in [0.2, 0.25) is 0 Å². The van der Waals surface area contributed by atoms with E-state index in [-0.39, 0.29) is 0 Å². The van der Waals surface area contributed by atoms with Crippen molar-refractivity contribution in [2.75, 3.05) is 26.4 Å². The van der Waals surface area contributed by atoms with Crippen LogP contribution in [0.2, 0.25) is 0 Å². The number of hydrogen-bond donors (Lipinski definition) is 0. The van der Waals surface area contributed by atoms with E-state index in [4.69, 9.17) is 9.47 Å². The summed E-state index contributed by atoms with van der Waals surface area (Å²) in [6.45, 7) is 3.29. The maximum absolute atomic E-state index is 5.53. The molecular weight excluding hydrogens is 290 g/mol. The largest absolute Gasteiger partial charge is 0.381 e. The Morgan fingerprint density at radius 2 is 1.70 bits per heavy atom. The van der Waals surface area contributed by atoms with Crippen LogP contribution in [0.25, 0.3) is 5.69 Å². The SMILES string of the molecule is [c]1ncc(C2CCOCC2)c(-n2cccn2)c1C1CCOCC1. The monoisotopic (exact) mass is 312 g/mol. The van der Waals surface area contributed by atoms with Gasteiger partial charge in [0.05, 0.1) is 11.9 Å². The van der Waals surface area contributed by atoms with Crippen molar-refractivity contribution in [1.82, 2.24) is 14.8 Å². The average molecular weight is 312 g/mol. The Bertz CT molecular complexity index is 593. The van der Waals surface area contributed by atoms with Crippen LogP contribution in [-0.2, 0) is 9.47 Å². The normalized spacial score (nSPS) is 20.7. The molecule has 121 valence electrons. The van der Waals surface area contributed by atoms with Crippen LogP contribution in [0.3, 0.4) is 0 Å². The summed E-state index contributed by atoms with van der Waals surface area (Å²) in [5, 5.41) is 4.50. The van der Waals surface area contributed by atoms with Crippen LogP contribution >= 0.6 is 0 Å². The average Bonchev–Trinajstić information content (AvgIpc) is 3.17. The first-order valence-electron chi connectivity index (χ1n) is 8.49. The third kappa shape index (κ3) is 3.03. The van der Waals surface area contributed by atoms with E-state index in [1.165, 1.54) is 16.8 Å². The lowest BCUT2D eigenvalue weighted by Gasteiger charge is -2.28. The Hall–Kier alpha value is -1.72. The van der Waals surface area contributed by atoms with Crippen LogP contribution in [0.1, 0.15) is 48.6 Å². The summed E-state index contributed by atoms with van der Waals surface area (Å²) in [4.78, 5) is 4.46. The predicted octanol–water partition coefficient (Wildman–Crippen LogP) is 2.86. The van der Waals surface area contributed by atoms with Gasteiger partial charge in [-0.3, -0.25) is 4.98 Å².